The first kappa shape index (κ1) is 16.2. The molecule has 0 aliphatic heterocycles. The lowest BCUT2D eigenvalue weighted by atomic mass is 9.95. The lowest BCUT2D eigenvalue weighted by molar-refractivity contribution is 0.604. The maximum absolute atomic E-state index is 3.66. The molecule has 1 atom stereocenters. The zero-order valence-corrected chi connectivity index (χ0v) is 16.1. The van der Waals surface area contributed by atoms with Crippen molar-refractivity contribution in [2.45, 2.75) is 32.2 Å². The molecular weight excluding hydrogens is 398 g/mol. The number of rotatable bonds is 3. The summed E-state index contributed by atoms with van der Waals surface area (Å²) < 4.78 is 2.23. The van der Waals surface area contributed by atoms with E-state index in [0.717, 1.165) is 8.95 Å². The van der Waals surface area contributed by atoms with Gasteiger partial charge in [-0.1, -0.05) is 52.6 Å². The van der Waals surface area contributed by atoms with Crippen LogP contribution in [0.3, 0.4) is 0 Å². The van der Waals surface area contributed by atoms with Crippen LogP contribution in [0, 0.1) is 0 Å². The van der Waals surface area contributed by atoms with Crippen molar-refractivity contribution < 1.29 is 0 Å². The molecule has 1 heterocycles. The molecule has 0 saturated carbocycles. The lowest BCUT2D eigenvalue weighted by Gasteiger charge is -2.18. The quantitative estimate of drug-likeness (QED) is 0.658. The summed E-state index contributed by atoms with van der Waals surface area (Å²) in [5, 5.41) is 3.43. The molecule has 108 valence electrons. The van der Waals surface area contributed by atoms with Gasteiger partial charge in [-0.3, -0.25) is 0 Å². The van der Waals surface area contributed by atoms with Crippen molar-refractivity contribution in [3.8, 4) is 0 Å². The standard InChI is InChI=1S/C16H19Br2NS/c1-16(2,3)14-8-7-13(20-14)15(19-4)11-9-10(17)5-6-12(11)18/h5-9,15,19H,1-4H3. The molecule has 0 amide bonds. The highest BCUT2D eigenvalue weighted by molar-refractivity contribution is 9.11. The highest BCUT2D eigenvalue weighted by atomic mass is 79.9. The Kier molecular flexibility index (Phi) is 5.11. The van der Waals surface area contributed by atoms with Crippen molar-refractivity contribution in [3.63, 3.8) is 0 Å². The van der Waals surface area contributed by atoms with Crippen LogP contribution in [0.4, 0.5) is 0 Å². The summed E-state index contributed by atoms with van der Waals surface area (Å²) in [6.07, 6.45) is 0. The first-order chi connectivity index (χ1) is 9.32. The summed E-state index contributed by atoms with van der Waals surface area (Å²) in [5.41, 5.74) is 1.46. The lowest BCUT2D eigenvalue weighted by Crippen LogP contribution is -2.17. The summed E-state index contributed by atoms with van der Waals surface area (Å²) in [4.78, 5) is 2.76. The van der Waals surface area contributed by atoms with Gasteiger partial charge in [-0.15, -0.1) is 11.3 Å². The van der Waals surface area contributed by atoms with Gasteiger partial charge in [0.1, 0.15) is 0 Å². The van der Waals surface area contributed by atoms with Crippen LogP contribution < -0.4 is 5.32 Å². The van der Waals surface area contributed by atoms with Crippen molar-refractivity contribution in [3.05, 3.63) is 54.6 Å². The smallest absolute Gasteiger partial charge is 0.0680 e. The average molecular weight is 417 g/mol. The molecule has 0 radical (unpaired) electrons. The maximum atomic E-state index is 3.66. The van der Waals surface area contributed by atoms with Gasteiger partial charge in [0.15, 0.2) is 0 Å². The highest BCUT2D eigenvalue weighted by Gasteiger charge is 2.21. The molecular formula is C16H19Br2NS. The van der Waals surface area contributed by atoms with Crippen LogP contribution in [-0.4, -0.2) is 7.05 Å². The first-order valence-electron chi connectivity index (χ1n) is 6.55. The van der Waals surface area contributed by atoms with E-state index in [1.807, 2.05) is 18.4 Å². The Morgan fingerprint density at radius 3 is 2.35 bits per heavy atom. The van der Waals surface area contributed by atoms with Gasteiger partial charge in [0, 0.05) is 18.7 Å². The molecule has 1 aromatic carbocycles. The third kappa shape index (κ3) is 3.53. The normalized spacial score (nSPS) is 13.5. The minimum absolute atomic E-state index is 0.204. The van der Waals surface area contributed by atoms with E-state index in [1.54, 1.807) is 0 Å². The van der Waals surface area contributed by atoms with E-state index in [1.165, 1.54) is 15.3 Å². The molecule has 0 fully saturated rings. The predicted octanol–water partition coefficient (Wildman–Crippen LogP) is 5.88. The van der Waals surface area contributed by atoms with Crippen LogP contribution >= 0.6 is 43.2 Å². The van der Waals surface area contributed by atoms with Crippen LogP contribution in [0.15, 0.2) is 39.3 Å². The second-order valence-electron chi connectivity index (χ2n) is 5.84. The van der Waals surface area contributed by atoms with Gasteiger partial charge in [0.25, 0.3) is 0 Å². The average Bonchev–Trinajstić information content (AvgIpc) is 2.84. The second kappa shape index (κ2) is 6.30. The van der Waals surface area contributed by atoms with Crippen molar-refractivity contribution in [1.82, 2.24) is 5.32 Å². The zero-order valence-electron chi connectivity index (χ0n) is 12.1. The van der Waals surface area contributed by atoms with Crippen molar-refractivity contribution >= 4 is 43.2 Å². The molecule has 1 N–H and O–H groups in total. The van der Waals surface area contributed by atoms with Crippen molar-refractivity contribution in [2.75, 3.05) is 7.05 Å². The van der Waals surface area contributed by atoms with Crippen LogP contribution in [0.5, 0.6) is 0 Å². The molecule has 2 rings (SSSR count). The topological polar surface area (TPSA) is 12.0 Å². The molecule has 1 nitrogen and oxygen atoms in total. The van der Waals surface area contributed by atoms with E-state index in [4.69, 9.17) is 0 Å². The van der Waals surface area contributed by atoms with E-state index in [2.05, 4.69) is 88.3 Å². The SMILES string of the molecule is CNC(c1ccc(C(C)(C)C)s1)c1cc(Br)ccc1Br. The maximum Gasteiger partial charge on any atom is 0.0680 e. The summed E-state index contributed by atoms with van der Waals surface area (Å²) in [7, 11) is 2.01. The number of hydrogen-bond donors (Lipinski definition) is 1. The van der Waals surface area contributed by atoms with Gasteiger partial charge >= 0.3 is 0 Å². The largest absolute Gasteiger partial charge is 0.309 e. The Balaban J connectivity index is 2.42. The minimum Gasteiger partial charge on any atom is -0.309 e. The Morgan fingerprint density at radius 1 is 1.10 bits per heavy atom. The van der Waals surface area contributed by atoms with Crippen molar-refractivity contribution in [1.29, 1.82) is 0 Å². The summed E-state index contributed by atoms with van der Waals surface area (Å²) in [6, 6.07) is 11.0. The molecule has 0 aliphatic rings. The van der Waals surface area contributed by atoms with E-state index in [0.29, 0.717) is 0 Å². The van der Waals surface area contributed by atoms with Crippen LogP contribution in [-0.2, 0) is 5.41 Å². The molecule has 0 saturated heterocycles. The van der Waals surface area contributed by atoms with E-state index < -0.39 is 0 Å². The fraction of sp³-hybridized carbons (Fsp3) is 0.375. The van der Waals surface area contributed by atoms with E-state index in [9.17, 15) is 0 Å². The van der Waals surface area contributed by atoms with Crippen molar-refractivity contribution in [2.24, 2.45) is 0 Å². The third-order valence-electron chi connectivity index (χ3n) is 3.21. The summed E-state index contributed by atoms with van der Waals surface area (Å²) in [5.74, 6) is 0. The summed E-state index contributed by atoms with van der Waals surface area (Å²) >= 11 is 9.10. The van der Waals surface area contributed by atoms with Gasteiger partial charge in [-0.2, -0.15) is 0 Å². The fourth-order valence-corrected chi connectivity index (χ4v) is 4.15. The van der Waals surface area contributed by atoms with E-state index in [-0.39, 0.29) is 11.5 Å². The number of nitrogens with one attached hydrogen (secondary N) is 1. The van der Waals surface area contributed by atoms with Gasteiger partial charge < -0.3 is 5.32 Å². The van der Waals surface area contributed by atoms with Crippen LogP contribution in [0.25, 0.3) is 0 Å². The Bertz CT molecular complexity index is 599. The Morgan fingerprint density at radius 2 is 1.80 bits per heavy atom. The molecule has 0 spiro atoms. The first-order valence-corrected chi connectivity index (χ1v) is 8.95. The second-order valence-corrected chi connectivity index (χ2v) is 8.72. The van der Waals surface area contributed by atoms with Crippen LogP contribution in [0.2, 0.25) is 0 Å². The zero-order chi connectivity index (χ0) is 14.9. The number of hydrogen-bond acceptors (Lipinski definition) is 2. The number of thiophene rings is 1. The molecule has 2 aromatic rings. The Labute approximate surface area is 142 Å². The van der Waals surface area contributed by atoms with Crippen LogP contribution in [0.1, 0.15) is 42.1 Å². The molecule has 4 heteroatoms. The third-order valence-corrected chi connectivity index (χ3v) is 6.00. The van der Waals surface area contributed by atoms with E-state index >= 15 is 0 Å². The van der Waals surface area contributed by atoms with Gasteiger partial charge in [-0.05, 0) is 48.4 Å². The molecule has 0 bridgehead atoms. The number of benzene rings is 1. The number of halogens is 2. The molecule has 1 unspecified atom stereocenters. The molecule has 0 aliphatic carbocycles. The predicted molar refractivity (Wildman–Crippen MR) is 95.8 cm³/mol. The van der Waals surface area contributed by atoms with Gasteiger partial charge in [-0.25, -0.2) is 0 Å². The highest BCUT2D eigenvalue weighted by Crippen LogP contribution is 2.37. The summed E-state index contributed by atoms with van der Waals surface area (Å²) in [6.45, 7) is 6.77. The monoisotopic (exact) mass is 415 g/mol. The van der Waals surface area contributed by atoms with Gasteiger partial charge in [0.05, 0.1) is 6.04 Å². The molecule has 20 heavy (non-hydrogen) atoms. The van der Waals surface area contributed by atoms with Gasteiger partial charge in [0.2, 0.25) is 0 Å². The minimum atomic E-state index is 0.204. The Hall–Kier alpha value is -0.160. The molecule has 1 aromatic heterocycles. The fourth-order valence-electron chi connectivity index (χ4n) is 2.10.